The van der Waals surface area contributed by atoms with Crippen molar-refractivity contribution in [3.63, 3.8) is 0 Å². The van der Waals surface area contributed by atoms with Gasteiger partial charge in [0.2, 0.25) is 5.91 Å². The number of hydrogen-bond donors (Lipinski definition) is 1. The topological polar surface area (TPSA) is 49.4 Å². The van der Waals surface area contributed by atoms with E-state index >= 15 is 0 Å². The van der Waals surface area contributed by atoms with E-state index in [9.17, 15) is 9.59 Å². The van der Waals surface area contributed by atoms with Crippen LogP contribution in [-0.2, 0) is 4.79 Å². The van der Waals surface area contributed by atoms with Crippen molar-refractivity contribution in [3.8, 4) is 0 Å². The molecule has 1 N–H and O–H groups in total. The summed E-state index contributed by atoms with van der Waals surface area (Å²) in [6.07, 6.45) is 1.67. The predicted octanol–water partition coefficient (Wildman–Crippen LogP) is 3.79. The SMILES string of the molecule is Cc1ccc(C(=O)N2CCC[C@@H](C(=O)Nc3ccccc3)C2)c(C)c1. The number of para-hydroxylation sites is 1. The highest BCUT2D eigenvalue weighted by atomic mass is 16.2. The fourth-order valence-electron chi connectivity index (χ4n) is 3.37. The first-order chi connectivity index (χ1) is 12.0. The van der Waals surface area contributed by atoms with Gasteiger partial charge in [-0.3, -0.25) is 9.59 Å². The number of likely N-dealkylation sites (tertiary alicyclic amines) is 1. The van der Waals surface area contributed by atoms with Crippen LogP contribution < -0.4 is 5.32 Å². The summed E-state index contributed by atoms with van der Waals surface area (Å²) in [6.45, 7) is 5.17. The van der Waals surface area contributed by atoms with Crippen LogP contribution in [0.2, 0.25) is 0 Å². The number of hydrogen-bond acceptors (Lipinski definition) is 2. The maximum absolute atomic E-state index is 12.9. The summed E-state index contributed by atoms with van der Waals surface area (Å²) in [5.74, 6) is -0.150. The highest BCUT2D eigenvalue weighted by Gasteiger charge is 2.29. The molecule has 2 aromatic carbocycles. The molecule has 1 aliphatic heterocycles. The van der Waals surface area contributed by atoms with Gasteiger partial charge in [0.15, 0.2) is 0 Å². The highest BCUT2D eigenvalue weighted by molar-refractivity contribution is 5.97. The number of carbonyl (C=O) groups excluding carboxylic acids is 2. The van der Waals surface area contributed by atoms with Gasteiger partial charge in [0.25, 0.3) is 5.91 Å². The van der Waals surface area contributed by atoms with Crippen molar-refractivity contribution in [3.05, 3.63) is 65.2 Å². The number of nitrogens with zero attached hydrogens (tertiary/aromatic N) is 1. The van der Waals surface area contributed by atoms with Crippen molar-refractivity contribution >= 4 is 17.5 Å². The monoisotopic (exact) mass is 336 g/mol. The van der Waals surface area contributed by atoms with Gasteiger partial charge < -0.3 is 10.2 Å². The van der Waals surface area contributed by atoms with E-state index in [-0.39, 0.29) is 17.7 Å². The van der Waals surface area contributed by atoms with Crippen LogP contribution in [0, 0.1) is 19.8 Å². The molecule has 0 bridgehead atoms. The van der Waals surface area contributed by atoms with E-state index in [0.717, 1.165) is 35.2 Å². The molecule has 0 aromatic heterocycles. The van der Waals surface area contributed by atoms with E-state index in [1.54, 1.807) is 0 Å². The van der Waals surface area contributed by atoms with Crippen LogP contribution in [0.4, 0.5) is 5.69 Å². The maximum atomic E-state index is 12.9. The molecule has 25 heavy (non-hydrogen) atoms. The summed E-state index contributed by atoms with van der Waals surface area (Å²) < 4.78 is 0. The summed E-state index contributed by atoms with van der Waals surface area (Å²) in [6, 6.07) is 15.3. The Bertz CT molecular complexity index is 771. The lowest BCUT2D eigenvalue weighted by Gasteiger charge is -2.32. The van der Waals surface area contributed by atoms with Crippen LogP contribution in [0.5, 0.6) is 0 Å². The van der Waals surface area contributed by atoms with Crippen LogP contribution >= 0.6 is 0 Å². The molecule has 2 aromatic rings. The largest absolute Gasteiger partial charge is 0.338 e. The van der Waals surface area contributed by atoms with Gasteiger partial charge in [0.1, 0.15) is 0 Å². The zero-order valence-corrected chi connectivity index (χ0v) is 14.8. The molecule has 1 saturated heterocycles. The number of aryl methyl sites for hydroxylation is 2. The van der Waals surface area contributed by atoms with Gasteiger partial charge in [0.05, 0.1) is 5.92 Å². The van der Waals surface area contributed by atoms with Gasteiger partial charge in [0, 0.05) is 24.3 Å². The number of rotatable bonds is 3. The molecule has 1 aliphatic rings. The third-order valence-corrected chi connectivity index (χ3v) is 4.73. The summed E-state index contributed by atoms with van der Waals surface area (Å²) in [4.78, 5) is 27.2. The van der Waals surface area contributed by atoms with E-state index < -0.39 is 0 Å². The van der Waals surface area contributed by atoms with E-state index in [2.05, 4.69) is 5.32 Å². The Morgan fingerprint density at radius 2 is 1.84 bits per heavy atom. The van der Waals surface area contributed by atoms with E-state index in [1.165, 1.54) is 0 Å². The molecular formula is C21H24N2O2. The molecule has 0 radical (unpaired) electrons. The van der Waals surface area contributed by atoms with Crippen molar-refractivity contribution in [1.82, 2.24) is 4.90 Å². The standard InChI is InChI=1S/C21H24N2O2/c1-15-10-11-19(16(2)13-15)21(25)23-12-6-7-17(14-23)20(24)22-18-8-4-3-5-9-18/h3-5,8-11,13,17H,6-7,12,14H2,1-2H3,(H,22,24)/t17-/m1/s1. The molecule has 2 amide bonds. The molecule has 1 heterocycles. The van der Waals surface area contributed by atoms with E-state index in [1.807, 2.05) is 67.3 Å². The lowest BCUT2D eigenvalue weighted by molar-refractivity contribution is -0.121. The number of amides is 2. The van der Waals surface area contributed by atoms with Gasteiger partial charge >= 0.3 is 0 Å². The summed E-state index contributed by atoms with van der Waals surface area (Å²) >= 11 is 0. The second-order valence-corrected chi connectivity index (χ2v) is 6.76. The van der Waals surface area contributed by atoms with Crippen LogP contribution in [0.25, 0.3) is 0 Å². The van der Waals surface area contributed by atoms with Crippen LogP contribution in [-0.4, -0.2) is 29.8 Å². The van der Waals surface area contributed by atoms with Crippen molar-refractivity contribution in [2.75, 3.05) is 18.4 Å². The quantitative estimate of drug-likeness (QED) is 0.927. The Morgan fingerprint density at radius 3 is 2.56 bits per heavy atom. The van der Waals surface area contributed by atoms with Crippen molar-refractivity contribution in [2.45, 2.75) is 26.7 Å². The summed E-state index contributed by atoms with van der Waals surface area (Å²) in [5.41, 5.74) is 3.66. The smallest absolute Gasteiger partial charge is 0.254 e. The van der Waals surface area contributed by atoms with Crippen LogP contribution in [0.15, 0.2) is 48.5 Å². The Morgan fingerprint density at radius 1 is 1.08 bits per heavy atom. The molecular weight excluding hydrogens is 312 g/mol. The Hall–Kier alpha value is -2.62. The van der Waals surface area contributed by atoms with E-state index in [0.29, 0.717) is 13.1 Å². The summed E-state index contributed by atoms with van der Waals surface area (Å²) in [7, 11) is 0. The lowest BCUT2D eigenvalue weighted by atomic mass is 9.95. The molecule has 0 unspecified atom stereocenters. The van der Waals surface area contributed by atoms with Crippen LogP contribution in [0.1, 0.15) is 34.3 Å². The molecule has 4 heteroatoms. The number of benzene rings is 2. The first-order valence-corrected chi connectivity index (χ1v) is 8.77. The fraction of sp³-hybridized carbons (Fsp3) is 0.333. The maximum Gasteiger partial charge on any atom is 0.254 e. The number of nitrogens with one attached hydrogen (secondary N) is 1. The minimum atomic E-state index is -0.163. The molecule has 0 aliphatic carbocycles. The Balaban J connectivity index is 1.68. The number of piperidine rings is 1. The summed E-state index contributed by atoms with van der Waals surface area (Å²) in [5, 5.41) is 2.95. The minimum Gasteiger partial charge on any atom is -0.338 e. The second-order valence-electron chi connectivity index (χ2n) is 6.76. The van der Waals surface area contributed by atoms with Gasteiger partial charge in [-0.25, -0.2) is 0 Å². The van der Waals surface area contributed by atoms with Crippen LogP contribution in [0.3, 0.4) is 0 Å². The van der Waals surface area contributed by atoms with Crippen molar-refractivity contribution < 1.29 is 9.59 Å². The molecule has 3 rings (SSSR count). The lowest BCUT2D eigenvalue weighted by Crippen LogP contribution is -2.44. The predicted molar refractivity (Wildman–Crippen MR) is 99.6 cm³/mol. The fourth-order valence-corrected chi connectivity index (χ4v) is 3.37. The third-order valence-electron chi connectivity index (χ3n) is 4.73. The highest BCUT2D eigenvalue weighted by Crippen LogP contribution is 2.22. The molecule has 130 valence electrons. The molecule has 1 atom stereocenters. The number of anilines is 1. The second kappa shape index (κ2) is 7.51. The first-order valence-electron chi connectivity index (χ1n) is 8.77. The molecule has 0 spiro atoms. The van der Waals surface area contributed by atoms with Gasteiger partial charge in [-0.15, -0.1) is 0 Å². The Labute approximate surface area is 148 Å². The molecule has 0 saturated carbocycles. The average Bonchev–Trinajstić information content (AvgIpc) is 2.62. The van der Waals surface area contributed by atoms with Gasteiger partial charge in [-0.2, -0.15) is 0 Å². The minimum absolute atomic E-state index is 0.00988. The van der Waals surface area contributed by atoms with Crippen molar-refractivity contribution in [1.29, 1.82) is 0 Å². The van der Waals surface area contributed by atoms with Crippen molar-refractivity contribution in [2.24, 2.45) is 5.92 Å². The third kappa shape index (κ3) is 4.08. The van der Waals surface area contributed by atoms with Gasteiger partial charge in [-0.1, -0.05) is 35.9 Å². The van der Waals surface area contributed by atoms with Gasteiger partial charge in [-0.05, 0) is 50.5 Å². The number of carbonyl (C=O) groups is 2. The zero-order chi connectivity index (χ0) is 17.8. The molecule has 4 nitrogen and oxygen atoms in total. The molecule has 1 fully saturated rings. The van der Waals surface area contributed by atoms with E-state index in [4.69, 9.17) is 0 Å². The average molecular weight is 336 g/mol. The Kier molecular flexibility index (Phi) is 5.17. The normalized spacial score (nSPS) is 17.2. The zero-order valence-electron chi connectivity index (χ0n) is 14.8. The first kappa shape index (κ1) is 17.2.